The van der Waals surface area contributed by atoms with E-state index in [0.717, 1.165) is 0 Å². The molecule has 0 aliphatic carbocycles. The lowest BCUT2D eigenvalue weighted by Gasteiger charge is -2.06. The Hall–Kier alpha value is -1.08. The van der Waals surface area contributed by atoms with Gasteiger partial charge in [-0.1, -0.05) is 0 Å². The Morgan fingerprint density at radius 3 is 2.35 bits per heavy atom. The largest absolute Gasteiger partial charge is 0.506 e. The zero-order valence-electron chi connectivity index (χ0n) is 8.79. The van der Waals surface area contributed by atoms with Crippen LogP contribution in [0.15, 0.2) is 21.1 Å². The van der Waals surface area contributed by atoms with Crippen molar-refractivity contribution in [3.63, 3.8) is 0 Å². The Labute approximate surface area is 114 Å². The summed E-state index contributed by atoms with van der Waals surface area (Å²) in [5, 5.41) is 11.9. The fourth-order valence-electron chi connectivity index (χ4n) is 1.02. The molecule has 0 bridgehead atoms. The second kappa shape index (κ2) is 6.02. The molecular formula is C10H9Br2NO4. The molecular weight excluding hydrogens is 358 g/mol. The third-order valence-corrected chi connectivity index (χ3v) is 3.11. The molecule has 5 nitrogen and oxygen atoms in total. The molecule has 0 saturated heterocycles. The van der Waals surface area contributed by atoms with Gasteiger partial charge in [0.05, 0.1) is 16.1 Å². The molecule has 7 heteroatoms. The normalized spacial score (nSPS) is 9.82. The zero-order valence-corrected chi connectivity index (χ0v) is 12.0. The Balaban J connectivity index is 2.80. The molecule has 0 spiro atoms. The summed E-state index contributed by atoms with van der Waals surface area (Å²) in [4.78, 5) is 22.5. The molecule has 0 aliphatic rings. The van der Waals surface area contributed by atoms with Gasteiger partial charge in [-0.2, -0.15) is 0 Å². The van der Waals surface area contributed by atoms with Crippen molar-refractivity contribution in [2.45, 2.75) is 0 Å². The molecule has 0 aromatic heterocycles. The number of ether oxygens (including phenoxy) is 1. The van der Waals surface area contributed by atoms with E-state index in [1.165, 1.54) is 19.2 Å². The molecule has 92 valence electrons. The maximum atomic E-state index is 11.6. The number of phenolic OH excluding ortho intramolecular Hbond substituents is 1. The molecule has 0 radical (unpaired) electrons. The van der Waals surface area contributed by atoms with Gasteiger partial charge in [0.25, 0.3) is 5.91 Å². The Morgan fingerprint density at radius 2 is 1.88 bits per heavy atom. The van der Waals surface area contributed by atoms with Crippen molar-refractivity contribution < 1.29 is 19.4 Å². The van der Waals surface area contributed by atoms with Gasteiger partial charge >= 0.3 is 5.97 Å². The number of carbonyl (C=O) groups is 2. The summed E-state index contributed by atoms with van der Waals surface area (Å²) in [5.41, 5.74) is 0.311. The lowest BCUT2D eigenvalue weighted by molar-refractivity contribution is -0.139. The third-order valence-electron chi connectivity index (χ3n) is 1.90. The van der Waals surface area contributed by atoms with Crippen molar-refractivity contribution in [2.75, 3.05) is 13.7 Å². The first-order valence-electron chi connectivity index (χ1n) is 4.48. The van der Waals surface area contributed by atoms with E-state index in [-0.39, 0.29) is 12.3 Å². The van der Waals surface area contributed by atoms with Crippen LogP contribution in [0, 0.1) is 0 Å². The summed E-state index contributed by atoms with van der Waals surface area (Å²) in [6.45, 7) is -0.203. The third kappa shape index (κ3) is 3.71. The lowest BCUT2D eigenvalue weighted by atomic mass is 10.2. The predicted octanol–water partition coefficient (Wildman–Crippen LogP) is 1.82. The Kier molecular flexibility index (Phi) is 4.95. The lowest BCUT2D eigenvalue weighted by Crippen LogP contribution is -2.30. The van der Waals surface area contributed by atoms with Gasteiger partial charge in [0.2, 0.25) is 0 Å². The van der Waals surface area contributed by atoms with Crippen LogP contribution in [0.2, 0.25) is 0 Å². The van der Waals surface area contributed by atoms with E-state index in [0.29, 0.717) is 14.5 Å². The van der Waals surface area contributed by atoms with E-state index in [9.17, 15) is 14.7 Å². The van der Waals surface area contributed by atoms with Gasteiger partial charge in [0, 0.05) is 5.56 Å². The summed E-state index contributed by atoms with van der Waals surface area (Å²) < 4.78 is 5.16. The molecule has 1 rings (SSSR count). The van der Waals surface area contributed by atoms with Crippen molar-refractivity contribution in [1.29, 1.82) is 0 Å². The number of phenols is 1. The minimum Gasteiger partial charge on any atom is -0.506 e. The summed E-state index contributed by atoms with van der Waals surface area (Å²) in [7, 11) is 1.24. The van der Waals surface area contributed by atoms with Gasteiger partial charge in [-0.3, -0.25) is 9.59 Å². The fraction of sp³-hybridized carbons (Fsp3) is 0.200. The van der Waals surface area contributed by atoms with Crippen LogP contribution in [0.5, 0.6) is 5.75 Å². The van der Waals surface area contributed by atoms with Crippen LogP contribution in [-0.2, 0) is 9.53 Å². The molecule has 0 atom stereocenters. The number of rotatable bonds is 3. The average molecular weight is 367 g/mol. The Bertz CT molecular complexity index is 439. The van der Waals surface area contributed by atoms with E-state index in [1.807, 2.05) is 0 Å². The van der Waals surface area contributed by atoms with Gasteiger partial charge in [-0.25, -0.2) is 0 Å². The van der Waals surface area contributed by atoms with Crippen molar-refractivity contribution in [3.8, 4) is 5.75 Å². The maximum absolute atomic E-state index is 11.6. The monoisotopic (exact) mass is 365 g/mol. The van der Waals surface area contributed by atoms with Gasteiger partial charge in [0.1, 0.15) is 12.3 Å². The summed E-state index contributed by atoms with van der Waals surface area (Å²) >= 11 is 6.21. The van der Waals surface area contributed by atoms with Crippen LogP contribution in [0.3, 0.4) is 0 Å². The van der Waals surface area contributed by atoms with Crippen molar-refractivity contribution in [3.05, 3.63) is 26.6 Å². The predicted molar refractivity (Wildman–Crippen MR) is 67.9 cm³/mol. The van der Waals surface area contributed by atoms with Crippen LogP contribution in [0.1, 0.15) is 10.4 Å². The molecule has 1 amide bonds. The summed E-state index contributed by atoms with van der Waals surface area (Å²) in [6.07, 6.45) is 0. The van der Waals surface area contributed by atoms with Crippen LogP contribution < -0.4 is 5.32 Å². The maximum Gasteiger partial charge on any atom is 0.325 e. The van der Waals surface area contributed by atoms with Crippen molar-refractivity contribution in [1.82, 2.24) is 5.32 Å². The number of hydrogen-bond donors (Lipinski definition) is 2. The standard InChI is InChI=1S/C10H9Br2NO4/c1-17-8(14)4-13-10(16)5-2-6(11)9(15)7(12)3-5/h2-3,15H,4H2,1H3,(H,13,16). The van der Waals surface area contributed by atoms with Crippen molar-refractivity contribution in [2.24, 2.45) is 0 Å². The van der Waals surface area contributed by atoms with Gasteiger partial charge in [-0.05, 0) is 44.0 Å². The molecule has 0 heterocycles. The first-order chi connectivity index (χ1) is 7.95. The van der Waals surface area contributed by atoms with Crippen LogP contribution >= 0.6 is 31.9 Å². The number of hydrogen-bond acceptors (Lipinski definition) is 4. The number of benzene rings is 1. The number of carbonyl (C=O) groups excluding carboxylic acids is 2. The first kappa shape index (κ1) is 14.0. The summed E-state index contributed by atoms with van der Waals surface area (Å²) in [6, 6.07) is 2.90. The van der Waals surface area contributed by atoms with E-state index < -0.39 is 11.9 Å². The quantitative estimate of drug-likeness (QED) is 0.800. The number of esters is 1. The van der Waals surface area contributed by atoms with Crippen LogP contribution in [0.4, 0.5) is 0 Å². The minimum atomic E-state index is -0.532. The minimum absolute atomic E-state index is 0.00881. The molecule has 1 aromatic carbocycles. The second-order valence-corrected chi connectivity index (χ2v) is 4.76. The van der Waals surface area contributed by atoms with E-state index >= 15 is 0 Å². The topological polar surface area (TPSA) is 75.6 Å². The molecule has 0 aliphatic heterocycles. The smallest absolute Gasteiger partial charge is 0.325 e. The highest BCUT2D eigenvalue weighted by molar-refractivity contribution is 9.11. The number of amides is 1. The highest BCUT2D eigenvalue weighted by Gasteiger charge is 2.12. The molecule has 17 heavy (non-hydrogen) atoms. The SMILES string of the molecule is COC(=O)CNC(=O)c1cc(Br)c(O)c(Br)c1. The van der Waals surface area contributed by atoms with E-state index in [1.54, 1.807) is 0 Å². The van der Waals surface area contributed by atoms with Crippen LogP contribution in [-0.4, -0.2) is 30.6 Å². The fourth-order valence-corrected chi connectivity index (χ4v) is 2.21. The number of methoxy groups -OCH3 is 1. The van der Waals surface area contributed by atoms with Gasteiger partial charge < -0.3 is 15.2 Å². The summed E-state index contributed by atoms with van der Waals surface area (Å²) in [5.74, 6) is -0.957. The molecule has 0 unspecified atom stereocenters. The molecule has 1 aromatic rings. The second-order valence-electron chi connectivity index (χ2n) is 3.05. The highest BCUT2D eigenvalue weighted by Crippen LogP contribution is 2.33. The Morgan fingerprint density at radius 1 is 1.35 bits per heavy atom. The zero-order chi connectivity index (χ0) is 13.0. The van der Waals surface area contributed by atoms with Crippen molar-refractivity contribution >= 4 is 43.7 Å². The van der Waals surface area contributed by atoms with Gasteiger partial charge in [0.15, 0.2) is 0 Å². The number of aromatic hydroxyl groups is 1. The van der Waals surface area contributed by atoms with E-state index in [2.05, 4.69) is 41.9 Å². The molecule has 0 saturated carbocycles. The molecule has 0 fully saturated rings. The first-order valence-corrected chi connectivity index (χ1v) is 6.07. The molecule has 2 N–H and O–H groups in total. The highest BCUT2D eigenvalue weighted by atomic mass is 79.9. The van der Waals surface area contributed by atoms with Gasteiger partial charge in [-0.15, -0.1) is 0 Å². The average Bonchev–Trinajstić information content (AvgIpc) is 2.31. The van der Waals surface area contributed by atoms with Crippen LogP contribution in [0.25, 0.3) is 0 Å². The number of nitrogens with one attached hydrogen (secondary N) is 1. The van der Waals surface area contributed by atoms with E-state index in [4.69, 9.17) is 0 Å². The number of halogens is 2.